The number of unbranched alkanes of at least 4 members (excludes halogenated alkanes) is 4. The first kappa shape index (κ1) is 18.1. The molecule has 0 heterocycles. The van der Waals surface area contributed by atoms with Crippen molar-refractivity contribution in [3.05, 3.63) is 0 Å². The summed E-state index contributed by atoms with van der Waals surface area (Å²) in [5, 5.41) is 0. The minimum absolute atomic E-state index is 0.00263. The normalized spacial score (nSPS) is 13.4. The van der Waals surface area contributed by atoms with Crippen molar-refractivity contribution in [3.63, 3.8) is 0 Å². The van der Waals surface area contributed by atoms with Crippen LogP contribution in [-0.4, -0.2) is 22.4 Å². The third kappa shape index (κ3) is 8.21. The summed E-state index contributed by atoms with van der Waals surface area (Å²) in [6.45, 7) is 3.67. The van der Waals surface area contributed by atoms with Crippen LogP contribution in [0.15, 0.2) is 0 Å². The quantitative estimate of drug-likeness (QED) is 0.238. The van der Waals surface area contributed by atoms with Crippen LogP contribution in [0.25, 0.3) is 0 Å². The molecule has 1 unspecified atom stereocenters. The second-order valence-corrected chi connectivity index (χ2v) is 6.19. The van der Waals surface area contributed by atoms with Crippen molar-refractivity contribution in [2.45, 2.75) is 68.6 Å². The molecule has 5 heteroatoms. The molecular formula is C13H23F2IO2. The van der Waals surface area contributed by atoms with Gasteiger partial charge in [-0.15, -0.1) is 0 Å². The molecule has 0 radical (unpaired) electrons. The van der Waals surface area contributed by atoms with Crippen LogP contribution in [0.2, 0.25) is 0 Å². The number of esters is 1. The summed E-state index contributed by atoms with van der Waals surface area (Å²) in [5.41, 5.74) is 0. The molecule has 0 bridgehead atoms. The van der Waals surface area contributed by atoms with Gasteiger partial charge >= 0.3 is 11.9 Å². The Balaban J connectivity index is 3.84. The van der Waals surface area contributed by atoms with E-state index >= 15 is 0 Å². The van der Waals surface area contributed by atoms with Gasteiger partial charge in [0, 0.05) is 10.3 Å². The first-order valence-electron chi connectivity index (χ1n) is 6.63. The molecule has 0 saturated carbocycles. The molecule has 0 amide bonds. The van der Waals surface area contributed by atoms with Gasteiger partial charge in [0.25, 0.3) is 0 Å². The van der Waals surface area contributed by atoms with Crippen LogP contribution in [-0.2, 0) is 9.53 Å². The van der Waals surface area contributed by atoms with Crippen molar-refractivity contribution in [3.8, 4) is 0 Å². The Kier molecular flexibility index (Phi) is 9.95. The van der Waals surface area contributed by atoms with Gasteiger partial charge in [0.05, 0.1) is 6.61 Å². The van der Waals surface area contributed by atoms with Crippen LogP contribution in [0.3, 0.4) is 0 Å². The van der Waals surface area contributed by atoms with E-state index in [0.717, 1.165) is 25.7 Å². The third-order valence-corrected chi connectivity index (χ3v) is 3.74. The van der Waals surface area contributed by atoms with E-state index in [1.54, 1.807) is 0 Å². The highest BCUT2D eigenvalue weighted by Gasteiger charge is 2.41. The van der Waals surface area contributed by atoms with Gasteiger partial charge in [0.15, 0.2) is 0 Å². The van der Waals surface area contributed by atoms with Gasteiger partial charge in [-0.3, -0.25) is 0 Å². The molecule has 0 N–H and O–H groups in total. The number of alkyl halides is 3. The van der Waals surface area contributed by atoms with Crippen molar-refractivity contribution in [2.24, 2.45) is 0 Å². The standard InChI is InChI=1S/C13H23F2IO2/c1-3-5-6-7-8-9-11(16)10-13(14,15)12(17)18-4-2/h11H,3-10H2,1-2H3. The molecule has 0 spiro atoms. The van der Waals surface area contributed by atoms with E-state index in [-0.39, 0.29) is 10.5 Å². The predicted octanol–water partition coefficient (Wildman–Crippen LogP) is 4.74. The molecule has 0 aliphatic carbocycles. The smallest absolute Gasteiger partial charge is 0.377 e. The second kappa shape index (κ2) is 9.92. The molecular weight excluding hydrogens is 353 g/mol. The highest BCUT2D eigenvalue weighted by molar-refractivity contribution is 14.1. The van der Waals surface area contributed by atoms with Gasteiger partial charge in [-0.1, -0.05) is 61.6 Å². The number of hydrogen-bond acceptors (Lipinski definition) is 2. The molecule has 0 aromatic heterocycles. The molecule has 0 saturated heterocycles. The average Bonchev–Trinajstić information content (AvgIpc) is 2.28. The van der Waals surface area contributed by atoms with Gasteiger partial charge in [-0.2, -0.15) is 8.78 Å². The zero-order chi connectivity index (χ0) is 14.0. The molecule has 0 aliphatic rings. The highest BCUT2D eigenvalue weighted by atomic mass is 127. The third-order valence-electron chi connectivity index (χ3n) is 2.67. The second-order valence-electron chi connectivity index (χ2n) is 4.43. The summed E-state index contributed by atoms with van der Waals surface area (Å²) in [6, 6.07) is 0. The summed E-state index contributed by atoms with van der Waals surface area (Å²) >= 11 is 2.00. The monoisotopic (exact) mass is 376 g/mol. The Bertz CT molecular complexity index is 235. The zero-order valence-corrected chi connectivity index (χ0v) is 13.3. The molecule has 1 atom stereocenters. The molecule has 2 nitrogen and oxygen atoms in total. The first-order chi connectivity index (χ1) is 8.44. The number of carbonyl (C=O) groups excluding carboxylic acids is 1. The van der Waals surface area contributed by atoms with Crippen LogP contribution in [0.1, 0.15) is 58.8 Å². The Morgan fingerprint density at radius 3 is 2.39 bits per heavy atom. The van der Waals surface area contributed by atoms with Crippen LogP contribution in [0.4, 0.5) is 8.78 Å². The van der Waals surface area contributed by atoms with Crippen molar-refractivity contribution in [2.75, 3.05) is 6.61 Å². The van der Waals surface area contributed by atoms with E-state index in [1.807, 2.05) is 22.6 Å². The lowest BCUT2D eigenvalue weighted by molar-refractivity contribution is -0.172. The topological polar surface area (TPSA) is 26.3 Å². The predicted molar refractivity (Wildman–Crippen MR) is 77.4 cm³/mol. The van der Waals surface area contributed by atoms with Gasteiger partial charge in [-0.25, -0.2) is 4.79 Å². The molecule has 0 aliphatic heterocycles. The van der Waals surface area contributed by atoms with E-state index in [2.05, 4.69) is 11.7 Å². The Labute approximate surface area is 122 Å². The molecule has 18 heavy (non-hydrogen) atoms. The van der Waals surface area contributed by atoms with E-state index in [4.69, 9.17) is 0 Å². The fraction of sp³-hybridized carbons (Fsp3) is 0.923. The van der Waals surface area contributed by atoms with Crippen LogP contribution in [0.5, 0.6) is 0 Å². The number of ether oxygens (including phenoxy) is 1. The number of halogens is 3. The maximum Gasteiger partial charge on any atom is 0.377 e. The first-order valence-corrected chi connectivity index (χ1v) is 7.87. The van der Waals surface area contributed by atoms with Gasteiger partial charge in [0.1, 0.15) is 0 Å². The summed E-state index contributed by atoms with van der Waals surface area (Å²) < 4.78 is 31.0. The molecule has 0 aromatic carbocycles. The lowest BCUT2D eigenvalue weighted by atomic mass is 10.1. The Morgan fingerprint density at radius 1 is 1.22 bits per heavy atom. The minimum Gasteiger partial charge on any atom is -0.462 e. The molecule has 0 fully saturated rings. The Morgan fingerprint density at radius 2 is 1.83 bits per heavy atom. The molecule has 108 valence electrons. The number of carbonyl (C=O) groups is 1. The lowest BCUT2D eigenvalue weighted by Gasteiger charge is -2.18. The lowest BCUT2D eigenvalue weighted by Crippen LogP contribution is -2.33. The van der Waals surface area contributed by atoms with Gasteiger partial charge in [-0.05, 0) is 13.3 Å². The molecule has 0 rings (SSSR count). The van der Waals surface area contributed by atoms with E-state index < -0.39 is 18.3 Å². The highest BCUT2D eigenvalue weighted by Crippen LogP contribution is 2.28. The number of rotatable bonds is 10. The van der Waals surface area contributed by atoms with Gasteiger partial charge < -0.3 is 4.74 Å². The summed E-state index contributed by atoms with van der Waals surface area (Å²) in [5.74, 6) is -4.73. The van der Waals surface area contributed by atoms with Gasteiger partial charge in [0.2, 0.25) is 0 Å². The SMILES string of the molecule is CCCCCCCC(I)CC(F)(F)C(=O)OCC. The van der Waals surface area contributed by atoms with Crippen molar-refractivity contribution in [1.29, 1.82) is 0 Å². The van der Waals surface area contributed by atoms with Crippen LogP contribution >= 0.6 is 22.6 Å². The maximum atomic E-state index is 13.4. The van der Waals surface area contributed by atoms with Crippen molar-refractivity contribution >= 4 is 28.6 Å². The van der Waals surface area contributed by atoms with Crippen molar-refractivity contribution in [1.82, 2.24) is 0 Å². The maximum absolute atomic E-state index is 13.4. The van der Waals surface area contributed by atoms with Crippen molar-refractivity contribution < 1.29 is 18.3 Å². The fourth-order valence-electron chi connectivity index (χ4n) is 1.67. The zero-order valence-electron chi connectivity index (χ0n) is 11.2. The number of hydrogen-bond donors (Lipinski definition) is 0. The Hall–Kier alpha value is 0.0600. The van der Waals surface area contributed by atoms with Crippen LogP contribution in [0, 0.1) is 0 Å². The van der Waals surface area contributed by atoms with Crippen LogP contribution < -0.4 is 0 Å². The van der Waals surface area contributed by atoms with E-state index in [1.165, 1.54) is 19.8 Å². The summed E-state index contributed by atoms with van der Waals surface area (Å²) in [4.78, 5) is 11.0. The minimum atomic E-state index is -3.34. The van der Waals surface area contributed by atoms with E-state index in [9.17, 15) is 13.6 Å². The molecule has 0 aromatic rings. The largest absolute Gasteiger partial charge is 0.462 e. The van der Waals surface area contributed by atoms with E-state index in [0.29, 0.717) is 0 Å². The summed E-state index contributed by atoms with van der Waals surface area (Å²) in [6.07, 6.45) is 5.89. The average molecular weight is 376 g/mol. The fourth-order valence-corrected chi connectivity index (χ4v) is 2.66. The summed E-state index contributed by atoms with van der Waals surface area (Å²) in [7, 11) is 0.